The van der Waals surface area contributed by atoms with E-state index in [2.05, 4.69) is 11.4 Å². The molecule has 1 amide bonds. The lowest BCUT2D eigenvalue weighted by molar-refractivity contribution is -0.116. The van der Waals surface area contributed by atoms with Gasteiger partial charge in [-0.3, -0.25) is 4.79 Å². The summed E-state index contributed by atoms with van der Waals surface area (Å²) in [5.41, 5.74) is 1.95. The lowest BCUT2D eigenvalue weighted by Crippen LogP contribution is -2.38. The fraction of sp³-hybridized carbons (Fsp3) is 0.400. The van der Waals surface area contributed by atoms with Gasteiger partial charge in [-0.05, 0) is 54.3 Å². The van der Waals surface area contributed by atoms with E-state index in [1.165, 1.54) is 5.56 Å². The summed E-state index contributed by atoms with van der Waals surface area (Å²) in [5, 5.41) is 3.10. The van der Waals surface area contributed by atoms with Crippen molar-refractivity contribution in [3.05, 3.63) is 53.6 Å². The summed E-state index contributed by atoms with van der Waals surface area (Å²) in [4.78, 5) is 12.5. The van der Waals surface area contributed by atoms with Crippen LogP contribution in [0.5, 0.6) is 23.0 Å². The summed E-state index contributed by atoms with van der Waals surface area (Å²) in [5.74, 6) is 2.58. The number of carbonyl (C=O) groups is 1. The fourth-order valence-corrected chi connectivity index (χ4v) is 4.23. The number of hydrogen-bond donors (Lipinski definition) is 1. The van der Waals surface area contributed by atoms with Crippen molar-refractivity contribution in [1.82, 2.24) is 5.32 Å². The smallest absolute Gasteiger partial charge is 0.244 e. The van der Waals surface area contributed by atoms with E-state index in [0.29, 0.717) is 29.5 Å². The Hall–Kier alpha value is -3.15. The van der Waals surface area contributed by atoms with Crippen LogP contribution in [0.15, 0.2) is 42.5 Å². The molecule has 1 aliphatic carbocycles. The third-order valence-electron chi connectivity index (χ3n) is 5.99. The highest BCUT2D eigenvalue weighted by atomic mass is 16.5. The van der Waals surface area contributed by atoms with Crippen LogP contribution >= 0.6 is 0 Å². The molecule has 3 rings (SSSR count). The summed E-state index contributed by atoms with van der Waals surface area (Å²) in [7, 11) is 6.46. The Morgan fingerprint density at radius 3 is 2.06 bits per heavy atom. The van der Waals surface area contributed by atoms with E-state index < -0.39 is 0 Å². The van der Waals surface area contributed by atoms with Gasteiger partial charge in [0.2, 0.25) is 5.91 Å². The second-order valence-electron chi connectivity index (χ2n) is 7.72. The number of rotatable bonds is 9. The number of hydrogen-bond acceptors (Lipinski definition) is 5. The quantitative estimate of drug-likeness (QED) is 0.605. The molecule has 0 aliphatic heterocycles. The third-order valence-corrected chi connectivity index (χ3v) is 5.99. The summed E-state index contributed by atoms with van der Waals surface area (Å²) >= 11 is 0. The molecule has 0 heterocycles. The van der Waals surface area contributed by atoms with E-state index >= 15 is 0 Å². The van der Waals surface area contributed by atoms with Gasteiger partial charge in [-0.2, -0.15) is 0 Å². The SMILES string of the molecule is COc1ccc(/C=C/C(=O)NCC2(c3ccc(OC)c(OC)c3)CCCC2)cc1OC. The van der Waals surface area contributed by atoms with Crippen LogP contribution in [-0.2, 0) is 10.2 Å². The van der Waals surface area contributed by atoms with E-state index in [9.17, 15) is 4.79 Å². The fourth-order valence-electron chi connectivity index (χ4n) is 4.23. The van der Waals surface area contributed by atoms with Crippen LogP contribution in [0.1, 0.15) is 36.8 Å². The summed E-state index contributed by atoms with van der Waals surface area (Å²) < 4.78 is 21.4. The first-order valence-corrected chi connectivity index (χ1v) is 10.5. The van der Waals surface area contributed by atoms with Gasteiger partial charge in [0.05, 0.1) is 28.4 Å². The molecule has 1 N–H and O–H groups in total. The lowest BCUT2D eigenvalue weighted by Gasteiger charge is -2.30. The molecule has 6 nitrogen and oxygen atoms in total. The van der Waals surface area contributed by atoms with E-state index in [-0.39, 0.29) is 11.3 Å². The van der Waals surface area contributed by atoms with Crippen molar-refractivity contribution in [2.75, 3.05) is 35.0 Å². The Morgan fingerprint density at radius 1 is 0.871 bits per heavy atom. The predicted octanol–water partition coefficient (Wildman–Crippen LogP) is 4.36. The molecule has 2 aromatic carbocycles. The third kappa shape index (κ3) is 5.13. The van der Waals surface area contributed by atoms with Crippen LogP contribution in [-0.4, -0.2) is 40.9 Å². The van der Waals surface area contributed by atoms with Gasteiger partial charge in [-0.1, -0.05) is 25.0 Å². The molecular formula is C25H31NO5. The van der Waals surface area contributed by atoms with Crippen molar-refractivity contribution in [2.24, 2.45) is 0 Å². The average Bonchev–Trinajstić information content (AvgIpc) is 3.30. The van der Waals surface area contributed by atoms with Gasteiger partial charge in [-0.25, -0.2) is 0 Å². The van der Waals surface area contributed by atoms with Gasteiger partial charge in [0.1, 0.15) is 0 Å². The minimum absolute atomic E-state index is 0.0909. The molecule has 0 saturated heterocycles. The zero-order valence-electron chi connectivity index (χ0n) is 18.7. The maximum atomic E-state index is 12.5. The normalized spacial score (nSPS) is 15.0. The number of methoxy groups -OCH3 is 4. The van der Waals surface area contributed by atoms with Gasteiger partial charge >= 0.3 is 0 Å². The lowest BCUT2D eigenvalue weighted by atomic mass is 9.78. The molecule has 6 heteroatoms. The van der Waals surface area contributed by atoms with E-state index in [1.807, 2.05) is 30.3 Å². The Balaban J connectivity index is 1.70. The number of amides is 1. The molecule has 0 aromatic heterocycles. The Kier molecular flexibility index (Phi) is 7.45. The molecular weight excluding hydrogens is 394 g/mol. The second-order valence-corrected chi connectivity index (χ2v) is 7.72. The van der Waals surface area contributed by atoms with Crippen molar-refractivity contribution in [2.45, 2.75) is 31.1 Å². The number of ether oxygens (including phenoxy) is 4. The van der Waals surface area contributed by atoms with Gasteiger partial charge in [-0.15, -0.1) is 0 Å². The van der Waals surface area contributed by atoms with Gasteiger partial charge < -0.3 is 24.3 Å². The standard InChI is InChI=1S/C25H31NO5/c1-28-20-10-7-18(15-22(20)30-3)8-12-24(27)26-17-25(13-5-6-14-25)19-9-11-21(29-2)23(16-19)31-4/h7-12,15-16H,5-6,13-14,17H2,1-4H3,(H,26,27)/b12-8+. The molecule has 1 saturated carbocycles. The number of benzene rings is 2. The Labute approximate surface area is 184 Å². The van der Waals surface area contributed by atoms with Crippen molar-refractivity contribution < 1.29 is 23.7 Å². The summed E-state index contributed by atoms with van der Waals surface area (Å²) in [6.45, 7) is 0.581. The van der Waals surface area contributed by atoms with Crippen molar-refractivity contribution in [3.63, 3.8) is 0 Å². The summed E-state index contributed by atoms with van der Waals surface area (Å²) in [6.07, 6.45) is 7.68. The van der Waals surface area contributed by atoms with Gasteiger partial charge in [0.25, 0.3) is 0 Å². The molecule has 0 radical (unpaired) electrons. The van der Waals surface area contributed by atoms with Crippen LogP contribution in [0.3, 0.4) is 0 Å². The first-order chi connectivity index (χ1) is 15.0. The Morgan fingerprint density at radius 2 is 1.45 bits per heavy atom. The number of nitrogens with one attached hydrogen (secondary N) is 1. The predicted molar refractivity (Wildman–Crippen MR) is 121 cm³/mol. The van der Waals surface area contributed by atoms with Crippen molar-refractivity contribution >= 4 is 12.0 Å². The molecule has 166 valence electrons. The highest BCUT2D eigenvalue weighted by Gasteiger charge is 2.36. The summed E-state index contributed by atoms with van der Waals surface area (Å²) in [6, 6.07) is 11.6. The second kappa shape index (κ2) is 10.2. The van der Waals surface area contributed by atoms with Crippen molar-refractivity contribution in [1.29, 1.82) is 0 Å². The molecule has 31 heavy (non-hydrogen) atoms. The molecule has 2 aromatic rings. The van der Waals surface area contributed by atoms with E-state index in [0.717, 1.165) is 31.2 Å². The van der Waals surface area contributed by atoms with E-state index in [1.54, 1.807) is 40.6 Å². The monoisotopic (exact) mass is 425 g/mol. The van der Waals surface area contributed by atoms with Crippen LogP contribution < -0.4 is 24.3 Å². The maximum absolute atomic E-state index is 12.5. The first-order valence-electron chi connectivity index (χ1n) is 10.5. The van der Waals surface area contributed by atoms with Crippen LogP contribution in [0.25, 0.3) is 6.08 Å². The van der Waals surface area contributed by atoms with Crippen molar-refractivity contribution in [3.8, 4) is 23.0 Å². The van der Waals surface area contributed by atoms with E-state index in [4.69, 9.17) is 18.9 Å². The van der Waals surface area contributed by atoms with Gasteiger partial charge in [0.15, 0.2) is 23.0 Å². The maximum Gasteiger partial charge on any atom is 0.244 e. The molecule has 0 bridgehead atoms. The van der Waals surface area contributed by atoms with Crippen LogP contribution in [0, 0.1) is 0 Å². The van der Waals surface area contributed by atoms with Crippen LogP contribution in [0.2, 0.25) is 0 Å². The molecule has 1 aliphatic rings. The van der Waals surface area contributed by atoms with Gasteiger partial charge in [0, 0.05) is 18.0 Å². The van der Waals surface area contributed by atoms with Crippen LogP contribution in [0.4, 0.5) is 0 Å². The largest absolute Gasteiger partial charge is 0.493 e. The first kappa shape index (κ1) is 22.5. The molecule has 0 atom stereocenters. The molecule has 0 spiro atoms. The zero-order chi connectivity index (χ0) is 22.3. The molecule has 0 unspecified atom stereocenters. The average molecular weight is 426 g/mol. The zero-order valence-corrected chi connectivity index (χ0v) is 18.7. The number of carbonyl (C=O) groups excluding carboxylic acids is 1. The minimum atomic E-state index is -0.124. The topological polar surface area (TPSA) is 66.0 Å². The Bertz CT molecular complexity index is 932. The minimum Gasteiger partial charge on any atom is -0.493 e. The highest BCUT2D eigenvalue weighted by Crippen LogP contribution is 2.43. The highest BCUT2D eigenvalue weighted by molar-refractivity contribution is 5.91. The molecule has 1 fully saturated rings.